The molecule has 2 heteroatoms. The number of ether oxygens (including phenoxy) is 1. The molecule has 0 aromatic heterocycles. The molecule has 0 saturated heterocycles. The van der Waals surface area contributed by atoms with Gasteiger partial charge in [-0.2, -0.15) is 0 Å². The van der Waals surface area contributed by atoms with Gasteiger partial charge in [0.2, 0.25) is 0 Å². The zero-order chi connectivity index (χ0) is 30.4. The third kappa shape index (κ3) is 5.03. The van der Waals surface area contributed by atoms with Crippen LogP contribution in [0, 0.1) is 50.7 Å². The van der Waals surface area contributed by atoms with Crippen LogP contribution in [0.4, 0.5) is 0 Å². The summed E-state index contributed by atoms with van der Waals surface area (Å²) in [5.74, 6) is 3.07. The zero-order valence-electron chi connectivity index (χ0n) is 28.4. The quantitative estimate of drug-likeness (QED) is 0.112. The highest BCUT2D eigenvalue weighted by molar-refractivity contribution is 5.82. The lowest BCUT2D eigenvalue weighted by Gasteiger charge is -2.63. The van der Waals surface area contributed by atoms with Crippen LogP contribution >= 0.6 is 0 Å². The summed E-state index contributed by atoms with van der Waals surface area (Å²) in [7, 11) is 0. The van der Waals surface area contributed by atoms with Crippen LogP contribution in [0.5, 0.6) is 0 Å². The van der Waals surface area contributed by atoms with Crippen molar-refractivity contribution in [1.82, 2.24) is 0 Å². The van der Waals surface area contributed by atoms with Gasteiger partial charge >= 0.3 is 5.97 Å². The van der Waals surface area contributed by atoms with E-state index in [0.29, 0.717) is 27.6 Å². The van der Waals surface area contributed by atoms with Gasteiger partial charge in [-0.25, -0.2) is 4.79 Å². The summed E-state index contributed by atoms with van der Waals surface area (Å²) in [5, 5.41) is 0. The van der Waals surface area contributed by atoms with Crippen LogP contribution in [0.1, 0.15) is 139 Å². The largest absolute Gasteiger partial charge is 0.459 e. The first-order valence-corrected chi connectivity index (χ1v) is 17.7. The number of fused-ring (bicyclic) bond motifs is 2. The van der Waals surface area contributed by atoms with Crippen molar-refractivity contribution in [2.45, 2.75) is 145 Å². The summed E-state index contributed by atoms with van der Waals surface area (Å²) in [6, 6.07) is 0. The van der Waals surface area contributed by atoms with Crippen LogP contribution < -0.4 is 0 Å². The average Bonchev–Trinajstić information content (AvgIpc) is 3.51. The predicted octanol–water partition coefficient (Wildman–Crippen LogP) is 11.2. The number of carbonyl (C=O) groups is 1. The molecule has 0 aromatic carbocycles. The van der Waals surface area contributed by atoms with E-state index in [-0.39, 0.29) is 17.5 Å². The number of carbonyl (C=O) groups excluding carboxylic acids is 1. The molecule has 234 valence electrons. The molecule has 0 heterocycles. The second-order valence-corrected chi connectivity index (χ2v) is 16.7. The Morgan fingerprint density at radius 3 is 2.29 bits per heavy atom. The van der Waals surface area contributed by atoms with Gasteiger partial charge in [0.05, 0.1) is 0 Å². The van der Waals surface area contributed by atoms with E-state index in [1.807, 2.05) is 18.2 Å². The molecule has 5 saturated carbocycles. The van der Waals surface area contributed by atoms with Crippen molar-refractivity contribution in [2.24, 2.45) is 50.7 Å². The van der Waals surface area contributed by atoms with Gasteiger partial charge < -0.3 is 4.74 Å². The molecular formula is C40H62O2. The van der Waals surface area contributed by atoms with Gasteiger partial charge in [-0.3, -0.25) is 0 Å². The molecule has 5 fully saturated rings. The van der Waals surface area contributed by atoms with E-state index in [9.17, 15) is 4.79 Å². The first kappa shape index (κ1) is 31.8. The van der Waals surface area contributed by atoms with Crippen molar-refractivity contribution in [1.29, 1.82) is 0 Å². The summed E-state index contributed by atoms with van der Waals surface area (Å²) >= 11 is 0. The van der Waals surface area contributed by atoms with Crippen molar-refractivity contribution in [3.8, 4) is 0 Å². The molecule has 5 aliphatic rings. The van der Waals surface area contributed by atoms with Crippen molar-refractivity contribution in [3.63, 3.8) is 0 Å². The van der Waals surface area contributed by atoms with Crippen molar-refractivity contribution in [2.75, 3.05) is 0 Å². The molecular weight excluding hydrogens is 512 g/mol. The van der Waals surface area contributed by atoms with Gasteiger partial charge in [-0.15, -0.1) is 0 Å². The molecule has 0 radical (unpaired) electrons. The topological polar surface area (TPSA) is 26.3 Å². The summed E-state index contributed by atoms with van der Waals surface area (Å²) in [6.07, 6.45) is 31.1. The molecule has 5 aliphatic carbocycles. The van der Waals surface area contributed by atoms with Crippen LogP contribution in [0.25, 0.3) is 0 Å². The zero-order valence-corrected chi connectivity index (χ0v) is 28.4. The molecule has 5 rings (SSSR count). The third-order valence-electron chi connectivity index (χ3n) is 14.4. The SMILES string of the molecule is CCCC=CC=CC=CC(=O)OC1CCC23CC24CCC2(C)C(C(C)CCC=C(C)C)CCC2(C)C4CCC3C1(C)C. The van der Waals surface area contributed by atoms with Crippen molar-refractivity contribution < 1.29 is 9.53 Å². The fraction of sp³-hybridized carbons (Fsp3) is 0.775. The van der Waals surface area contributed by atoms with Crippen molar-refractivity contribution >= 4 is 5.97 Å². The molecule has 42 heavy (non-hydrogen) atoms. The maximum absolute atomic E-state index is 12.8. The van der Waals surface area contributed by atoms with E-state index in [1.54, 1.807) is 6.08 Å². The minimum atomic E-state index is -0.179. The highest BCUT2D eigenvalue weighted by atomic mass is 16.5. The standard InChI is InChI=1S/C40H62O2/c1-9-10-11-12-13-14-15-19-35(41)42-34-23-25-39-28-40(39)27-26-37(7)31(30(4)18-16-17-29(2)3)22-24-38(37,8)33(40)21-20-32(39)36(34,5)6/h11-15,17,19,30-34H,9-10,16,18,20-28H2,1-8H3. The number of hydrogen-bond acceptors (Lipinski definition) is 2. The number of rotatable bonds is 10. The highest BCUT2D eigenvalue weighted by Crippen LogP contribution is 2.89. The summed E-state index contributed by atoms with van der Waals surface area (Å²) in [4.78, 5) is 12.8. The van der Waals surface area contributed by atoms with Gasteiger partial charge in [0, 0.05) is 11.5 Å². The second-order valence-electron chi connectivity index (χ2n) is 16.7. The molecule has 9 atom stereocenters. The molecule has 0 N–H and O–H groups in total. The predicted molar refractivity (Wildman–Crippen MR) is 177 cm³/mol. The maximum Gasteiger partial charge on any atom is 0.331 e. The normalized spacial score (nSPS) is 42.6. The van der Waals surface area contributed by atoms with Crippen LogP contribution in [0.2, 0.25) is 0 Å². The number of esters is 1. The first-order valence-electron chi connectivity index (χ1n) is 17.7. The highest BCUT2D eigenvalue weighted by Gasteiger charge is 2.82. The summed E-state index contributed by atoms with van der Waals surface area (Å²) < 4.78 is 6.21. The number of hydrogen-bond donors (Lipinski definition) is 0. The lowest BCUT2D eigenvalue weighted by molar-refractivity contribution is -0.179. The van der Waals surface area contributed by atoms with Crippen LogP contribution in [0.3, 0.4) is 0 Å². The Bertz CT molecular complexity index is 1120. The monoisotopic (exact) mass is 574 g/mol. The van der Waals surface area contributed by atoms with Gasteiger partial charge in [0.15, 0.2) is 0 Å². The van der Waals surface area contributed by atoms with E-state index in [1.165, 1.54) is 69.8 Å². The van der Waals surface area contributed by atoms with Gasteiger partial charge in [-0.1, -0.05) is 90.0 Å². The Morgan fingerprint density at radius 2 is 1.55 bits per heavy atom. The lowest BCUT2D eigenvalue weighted by atomic mass is 9.41. The van der Waals surface area contributed by atoms with Crippen LogP contribution in [0.15, 0.2) is 48.1 Å². The molecule has 0 aromatic rings. The molecule has 2 spiro atoms. The van der Waals surface area contributed by atoms with E-state index in [2.05, 4.69) is 73.6 Å². The molecule has 0 bridgehead atoms. The minimum Gasteiger partial charge on any atom is -0.459 e. The Hall–Kier alpha value is -1.57. The fourth-order valence-electron chi connectivity index (χ4n) is 12.1. The van der Waals surface area contributed by atoms with E-state index >= 15 is 0 Å². The first-order chi connectivity index (χ1) is 19.9. The smallest absolute Gasteiger partial charge is 0.331 e. The van der Waals surface area contributed by atoms with Gasteiger partial charge in [0.1, 0.15) is 6.10 Å². The van der Waals surface area contributed by atoms with Crippen LogP contribution in [-0.4, -0.2) is 12.1 Å². The third-order valence-corrected chi connectivity index (χ3v) is 14.4. The van der Waals surface area contributed by atoms with E-state index < -0.39 is 0 Å². The number of allylic oxidation sites excluding steroid dienone is 7. The maximum atomic E-state index is 12.8. The molecule has 0 amide bonds. The minimum absolute atomic E-state index is 0.0230. The number of unbranched alkanes of at least 4 members (excludes halogenated alkanes) is 1. The Balaban J connectivity index is 1.26. The van der Waals surface area contributed by atoms with E-state index in [4.69, 9.17) is 4.74 Å². The summed E-state index contributed by atoms with van der Waals surface area (Å²) in [5.41, 5.74) is 3.50. The molecule has 2 nitrogen and oxygen atoms in total. The van der Waals surface area contributed by atoms with E-state index in [0.717, 1.165) is 37.0 Å². The summed E-state index contributed by atoms with van der Waals surface area (Å²) in [6.45, 7) is 19.6. The molecule has 9 unspecified atom stereocenters. The van der Waals surface area contributed by atoms with Gasteiger partial charge in [0.25, 0.3) is 0 Å². The second kappa shape index (κ2) is 11.7. The Labute approximate surface area is 258 Å². The molecule has 0 aliphatic heterocycles. The Morgan fingerprint density at radius 1 is 0.833 bits per heavy atom. The van der Waals surface area contributed by atoms with Gasteiger partial charge in [-0.05, 0) is 136 Å². The lowest BCUT2D eigenvalue weighted by Crippen LogP contribution is -2.58. The Kier molecular flexibility index (Phi) is 8.90. The van der Waals surface area contributed by atoms with Crippen molar-refractivity contribution in [3.05, 3.63) is 48.1 Å². The average molecular weight is 575 g/mol. The fourth-order valence-corrected chi connectivity index (χ4v) is 12.1. The van der Waals surface area contributed by atoms with Crippen LogP contribution in [-0.2, 0) is 9.53 Å².